The number of ketones is 2. The highest BCUT2D eigenvalue weighted by Gasteiger charge is 2.47. The Labute approximate surface area is 244 Å². The first kappa shape index (κ1) is 34.0. The fourth-order valence-corrected chi connectivity index (χ4v) is 5.23. The van der Waals surface area contributed by atoms with E-state index in [9.17, 15) is 28.8 Å². The summed E-state index contributed by atoms with van der Waals surface area (Å²) in [6.45, 7) is 18.5. The van der Waals surface area contributed by atoms with Crippen LogP contribution in [0.15, 0.2) is 12.7 Å². The predicted molar refractivity (Wildman–Crippen MR) is 156 cm³/mol. The molecule has 2 rings (SSSR count). The largest absolute Gasteiger partial charge is 0.346 e. The highest BCUT2D eigenvalue weighted by atomic mass is 16.2. The molecule has 4 N–H and O–H groups in total. The first-order valence-corrected chi connectivity index (χ1v) is 14.7. The Hall–Kier alpha value is -3.24. The van der Waals surface area contributed by atoms with Gasteiger partial charge in [-0.2, -0.15) is 0 Å². The Bertz CT molecular complexity index is 1030. The van der Waals surface area contributed by atoms with Crippen molar-refractivity contribution < 1.29 is 28.8 Å². The van der Waals surface area contributed by atoms with E-state index >= 15 is 0 Å². The number of carbonyl (C=O) groups excluding carboxylic acids is 6. The van der Waals surface area contributed by atoms with Gasteiger partial charge in [-0.05, 0) is 49.4 Å². The second-order valence-electron chi connectivity index (χ2n) is 13.1. The number of rotatable bonds is 13. The average molecular weight is 576 g/mol. The summed E-state index contributed by atoms with van der Waals surface area (Å²) in [5.74, 6) is -2.86. The van der Waals surface area contributed by atoms with E-state index in [0.717, 1.165) is 12.8 Å². The molecule has 0 spiro atoms. The standard InChI is InChI=1S/C30H49N5O6/c1-10-14-31-27(39)23(36)18(6)32-26(38)22-20(16(2)3)13-15-35(22)28(40)25(30(7,8)9)34-29(41)33-21(17(4)5)24(37)19-11-12-19/h10,16-22,25H,1,11-15H2,2-9H3,(H,31,39)(H,32,38)(H2,33,34,41)/t18?,20?,21?,22-,25?/m0/s1. The minimum atomic E-state index is -1.10. The van der Waals surface area contributed by atoms with E-state index in [1.54, 1.807) is 0 Å². The lowest BCUT2D eigenvalue weighted by atomic mass is 9.84. The summed E-state index contributed by atoms with van der Waals surface area (Å²) in [7, 11) is 0. The maximum atomic E-state index is 14.0. The number of urea groups is 1. The highest BCUT2D eigenvalue weighted by molar-refractivity contribution is 6.38. The number of Topliss-reactive ketones (excluding diaryl/α,β-unsaturated/α-hetero) is 2. The van der Waals surface area contributed by atoms with E-state index in [0.29, 0.717) is 13.0 Å². The fraction of sp³-hybridized carbons (Fsp3) is 0.733. The average Bonchev–Trinajstić information content (AvgIpc) is 3.63. The van der Waals surface area contributed by atoms with Gasteiger partial charge < -0.3 is 26.2 Å². The maximum Gasteiger partial charge on any atom is 0.316 e. The summed E-state index contributed by atoms with van der Waals surface area (Å²) in [5.41, 5.74) is -0.717. The zero-order valence-corrected chi connectivity index (χ0v) is 25.8. The third kappa shape index (κ3) is 8.87. The summed E-state index contributed by atoms with van der Waals surface area (Å²) >= 11 is 0. The van der Waals surface area contributed by atoms with Gasteiger partial charge in [-0.3, -0.25) is 24.0 Å². The van der Waals surface area contributed by atoms with Crippen molar-refractivity contribution >= 4 is 35.3 Å². The van der Waals surface area contributed by atoms with Crippen LogP contribution in [-0.4, -0.2) is 77.5 Å². The normalized spacial score (nSPS) is 21.1. The lowest BCUT2D eigenvalue weighted by Gasteiger charge is -2.37. The Kier molecular flexibility index (Phi) is 11.7. The van der Waals surface area contributed by atoms with Crippen molar-refractivity contribution in [2.75, 3.05) is 13.1 Å². The Morgan fingerprint density at radius 3 is 2.02 bits per heavy atom. The molecule has 0 bridgehead atoms. The number of nitrogens with zero attached hydrogens (tertiary/aromatic N) is 1. The Balaban J connectivity index is 2.24. The van der Waals surface area contributed by atoms with Gasteiger partial charge in [-0.15, -0.1) is 6.58 Å². The van der Waals surface area contributed by atoms with E-state index in [1.807, 2.05) is 48.5 Å². The predicted octanol–water partition coefficient (Wildman–Crippen LogP) is 1.95. The summed E-state index contributed by atoms with van der Waals surface area (Å²) in [4.78, 5) is 79.5. The lowest BCUT2D eigenvalue weighted by molar-refractivity contribution is -0.144. The molecular formula is C30H49N5O6. The Morgan fingerprint density at radius 1 is 0.927 bits per heavy atom. The van der Waals surface area contributed by atoms with Crippen molar-refractivity contribution in [2.24, 2.45) is 29.1 Å². The van der Waals surface area contributed by atoms with Crippen molar-refractivity contribution in [1.82, 2.24) is 26.2 Å². The molecule has 0 aromatic rings. The third-order valence-electron chi connectivity index (χ3n) is 7.86. The fourth-order valence-electron chi connectivity index (χ4n) is 5.23. The van der Waals surface area contributed by atoms with Crippen molar-refractivity contribution in [3.63, 3.8) is 0 Å². The van der Waals surface area contributed by atoms with Crippen molar-refractivity contribution in [3.05, 3.63) is 12.7 Å². The molecule has 2 aliphatic rings. The molecule has 4 unspecified atom stereocenters. The van der Waals surface area contributed by atoms with E-state index < -0.39 is 59.1 Å². The van der Waals surface area contributed by atoms with E-state index in [-0.39, 0.29) is 36.0 Å². The van der Waals surface area contributed by atoms with E-state index in [4.69, 9.17) is 0 Å². The molecule has 5 atom stereocenters. The molecule has 1 heterocycles. The van der Waals surface area contributed by atoms with Gasteiger partial charge in [-0.25, -0.2) is 4.79 Å². The molecule has 1 aliphatic carbocycles. The van der Waals surface area contributed by atoms with Crippen LogP contribution in [0, 0.1) is 29.1 Å². The molecule has 2 fully saturated rings. The van der Waals surface area contributed by atoms with Crippen LogP contribution in [-0.2, 0) is 24.0 Å². The van der Waals surface area contributed by atoms with E-state index in [1.165, 1.54) is 17.9 Å². The monoisotopic (exact) mass is 575 g/mol. The molecule has 1 saturated heterocycles. The first-order chi connectivity index (χ1) is 19.0. The number of nitrogens with one attached hydrogen (secondary N) is 4. The van der Waals surface area contributed by atoms with Crippen LogP contribution in [0.3, 0.4) is 0 Å². The molecule has 1 aliphatic heterocycles. The summed E-state index contributed by atoms with van der Waals surface area (Å²) in [6, 6.07) is -4.25. The van der Waals surface area contributed by atoms with Crippen LogP contribution in [0.2, 0.25) is 0 Å². The van der Waals surface area contributed by atoms with Gasteiger partial charge in [0.15, 0.2) is 5.78 Å². The molecular weight excluding hydrogens is 526 g/mol. The second-order valence-corrected chi connectivity index (χ2v) is 13.1. The highest BCUT2D eigenvalue weighted by Crippen LogP contribution is 2.34. The minimum absolute atomic E-state index is 0.00618. The maximum absolute atomic E-state index is 14.0. The van der Waals surface area contributed by atoms with Crippen molar-refractivity contribution in [1.29, 1.82) is 0 Å². The van der Waals surface area contributed by atoms with Crippen LogP contribution in [0.5, 0.6) is 0 Å². The second kappa shape index (κ2) is 14.1. The minimum Gasteiger partial charge on any atom is -0.346 e. The molecule has 230 valence electrons. The quantitative estimate of drug-likeness (QED) is 0.194. The zero-order valence-electron chi connectivity index (χ0n) is 25.8. The van der Waals surface area contributed by atoms with Crippen LogP contribution in [0.1, 0.15) is 74.7 Å². The van der Waals surface area contributed by atoms with E-state index in [2.05, 4.69) is 27.8 Å². The molecule has 1 saturated carbocycles. The van der Waals surface area contributed by atoms with Gasteiger partial charge in [-0.1, -0.05) is 54.5 Å². The summed E-state index contributed by atoms with van der Waals surface area (Å²) in [6.07, 6.45) is 3.66. The number of hydrogen-bond donors (Lipinski definition) is 4. The van der Waals surface area contributed by atoms with Crippen LogP contribution in [0.4, 0.5) is 4.79 Å². The van der Waals surface area contributed by atoms with Crippen LogP contribution in [0.25, 0.3) is 0 Å². The van der Waals surface area contributed by atoms with Gasteiger partial charge in [0.1, 0.15) is 12.1 Å². The van der Waals surface area contributed by atoms with Crippen molar-refractivity contribution in [3.8, 4) is 0 Å². The number of amides is 5. The van der Waals surface area contributed by atoms with Gasteiger partial charge in [0.25, 0.3) is 5.91 Å². The van der Waals surface area contributed by atoms with Gasteiger partial charge in [0, 0.05) is 19.0 Å². The molecule has 11 nitrogen and oxygen atoms in total. The zero-order chi connectivity index (χ0) is 31.2. The third-order valence-corrected chi connectivity index (χ3v) is 7.86. The molecule has 0 aromatic heterocycles. The Morgan fingerprint density at radius 2 is 1.54 bits per heavy atom. The molecule has 41 heavy (non-hydrogen) atoms. The SMILES string of the molecule is C=CCNC(=O)C(=O)C(C)NC(=O)[C@@H]1C(C(C)C)CCN1C(=O)C(NC(=O)NC(C(=O)C1CC1)C(C)C)C(C)(C)C. The van der Waals surface area contributed by atoms with Crippen molar-refractivity contribution in [2.45, 2.75) is 98.8 Å². The van der Waals surface area contributed by atoms with Crippen LogP contribution < -0.4 is 21.3 Å². The van der Waals surface area contributed by atoms with Gasteiger partial charge in [0.05, 0.1) is 12.1 Å². The molecule has 11 heteroatoms. The summed E-state index contributed by atoms with van der Waals surface area (Å²) in [5, 5.41) is 10.6. The topological polar surface area (TPSA) is 154 Å². The molecule has 5 amide bonds. The number of carbonyl (C=O) groups is 6. The van der Waals surface area contributed by atoms with Gasteiger partial charge in [0.2, 0.25) is 17.6 Å². The number of hydrogen-bond acceptors (Lipinski definition) is 6. The number of likely N-dealkylation sites (tertiary alicyclic amines) is 1. The molecule has 0 radical (unpaired) electrons. The van der Waals surface area contributed by atoms with Gasteiger partial charge >= 0.3 is 6.03 Å². The smallest absolute Gasteiger partial charge is 0.316 e. The van der Waals surface area contributed by atoms with Crippen LogP contribution >= 0.6 is 0 Å². The molecule has 0 aromatic carbocycles. The summed E-state index contributed by atoms with van der Waals surface area (Å²) < 4.78 is 0. The lowest BCUT2D eigenvalue weighted by Crippen LogP contribution is -2.61. The first-order valence-electron chi connectivity index (χ1n) is 14.7.